The van der Waals surface area contributed by atoms with Crippen molar-refractivity contribution >= 4 is 0 Å². The average Bonchev–Trinajstić information content (AvgIpc) is 2.79. The minimum atomic E-state index is -0.851. The Morgan fingerprint density at radius 3 is 3.00 bits per heavy atom. The van der Waals surface area contributed by atoms with Gasteiger partial charge in [0, 0.05) is 18.2 Å². The van der Waals surface area contributed by atoms with Crippen molar-refractivity contribution in [2.75, 3.05) is 6.61 Å². The molecule has 1 aromatic heterocycles. The van der Waals surface area contributed by atoms with Crippen LogP contribution in [-0.4, -0.2) is 26.9 Å². The van der Waals surface area contributed by atoms with Crippen molar-refractivity contribution in [3.8, 4) is 0 Å². The van der Waals surface area contributed by atoms with Crippen LogP contribution in [0.4, 0.5) is 0 Å². The summed E-state index contributed by atoms with van der Waals surface area (Å²) in [6.45, 7) is 5.02. The van der Waals surface area contributed by atoms with Gasteiger partial charge in [0.15, 0.2) is 6.23 Å². The number of aryl methyl sites for hydroxylation is 1. The number of H-pyrrole nitrogens is 1. The Bertz CT molecular complexity index is 628. The molecule has 0 aliphatic carbocycles. The van der Waals surface area contributed by atoms with Gasteiger partial charge in [-0.25, -0.2) is 4.79 Å². The molecule has 6 nitrogen and oxygen atoms in total. The van der Waals surface area contributed by atoms with Gasteiger partial charge < -0.3 is 9.84 Å². The van der Waals surface area contributed by atoms with Gasteiger partial charge in [-0.2, -0.15) is 0 Å². The quantitative estimate of drug-likeness (QED) is 0.763. The first-order chi connectivity index (χ1) is 9.01. The highest BCUT2D eigenvalue weighted by Gasteiger charge is 2.35. The topological polar surface area (TPSA) is 84.3 Å². The van der Waals surface area contributed by atoms with Crippen molar-refractivity contribution in [1.29, 1.82) is 0 Å². The molecule has 0 saturated heterocycles. The van der Waals surface area contributed by atoms with E-state index in [-0.39, 0.29) is 6.61 Å². The Kier molecular flexibility index (Phi) is 3.55. The van der Waals surface area contributed by atoms with E-state index in [0.717, 1.165) is 0 Å². The maximum Gasteiger partial charge on any atom is 0.330 e. The molecule has 0 fully saturated rings. The van der Waals surface area contributed by atoms with Crippen LogP contribution in [0.3, 0.4) is 0 Å². The summed E-state index contributed by atoms with van der Waals surface area (Å²) in [5.41, 5.74) is -1.39. The second kappa shape index (κ2) is 4.99. The molecule has 0 amide bonds. The Morgan fingerprint density at radius 1 is 1.63 bits per heavy atom. The Balaban J connectivity index is 2.34. The number of aromatic amines is 1. The highest BCUT2D eigenvalue weighted by molar-refractivity contribution is 5.14. The van der Waals surface area contributed by atoms with Gasteiger partial charge in [-0.05, 0) is 19.1 Å². The summed E-state index contributed by atoms with van der Waals surface area (Å²) >= 11 is 0. The van der Waals surface area contributed by atoms with Crippen molar-refractivity contribution < 1.29 is 9.84 Å². The number of nitrogens with one attached hydrogen (secondary N) is 1. The first-order valence-electron chi connectivity index (χ1n) is 5.92. The van der Waals surface area contributed by atoms with E-state index < -0.39 is 23.1 Å². The second-order valence-corrected chi connectivity index (χ2v) is 4.56. The van der Waals surface area contributed by atoms with Crippen LogP contribution in [0.1, 0.15) is 18.2 Å². The lowest BCUT2D eigenvalue weighted by molar-refractivity contribution is -0.0821. The van der Waals surface area contributed by atoms with E-state index in [0.29, 0.717) is 12.0 Å². The van der Waals surface area contributed by atoms with Crippen molar-refractivity contribution in [1.82, 2.24) is 9.55 Å². The predicted octanol–water partition coefficient (Wildman–Crippen LogP) is 0.237. The number of aromatic nitrogens is 2. The van der Waals surface area contributed by atoms with E-state index in [1.165, 1.54) is 10.8 Å². The van der Waals surface area contributed by atoms with Gasteiger partial charge in [-0.15, -0.1) is 6.58 Å². The lowest BCUT2D eigenvalue weighted by Crippen LogP contribution is -2.37. The zero-order chi connectivity index (χ0) is 14.0. The minimum absolute atomic E-state index is 0.205. The van der Waals surface area contributed by atoms with Gasteiger partial charge in [0.2, 0.25) is 0 Å². The third-order valence-corrected chi connectivity index (χ3v) is 3.10. The number of rotatable bonds is 4. The molecule has 2 atom stereocenters. The number of hydrogen-bond acceptors (Lipinski definition) is 4. The number of aliphatic hydroxyl groups is 1. The number of aliphatic hydroxyl groups excluding tert-OH is 1. The lowest BCUT2D eigenvalue weighted by atomic mass is 10.0. The van der Waals surface area contributed by atoms with Crippen LogP contribution >= 0.6 is 0 Å². The van der Waals surface area contributed by atoms with E-state index >= 15 is 0 Å². The third-order valence-electron chi connectivity index (χ3n) is 3.10. The molecule has 2 rings (SSSR count). The molecule has 2 heterocycles. The minimum Gasteiger partial charge on any atom is -0.393 e. The summed E-state index contributed by atoms with van der Waals surface area (Å²) in [5, 5.41) is 9.41. The van der Waals surface area contributed by atoms with Crippen LogP contribution in [-0.2, 0) is 4.74 Å². The van der Waals surface area contributed by atoms with E-state index in [2.05, 4.69) is 11.6 Å². The van der Waals surface area contributed by atoms with E-state index in [9.17, 15) is 14.7 Å². The molecule has 0 spiro atoms. The van der Waals surface area contributed by atoms with Gasteiger partial charge in [0.05, 0.1) is 6.61 Å². The molecule has 0 saturated carbocycles. The maximum atomic E-state index is 11.7. The number of hydrogen-bond donors (Lipinski definition) is 2. The monoisotopic (exact) mass is 264 g/mol. The van der Waals surface area contributed by atoms with Crippen LogP contribution in [0, 0.1) is 6.92 Å². The van der Waals surface area contributed by atoms with Gasteiger partial charge in [-0.1, -0.05) is 6.08 Å². The fourth-order valence-corrected chi connectivity index (χ4v) is 2.02. The van der Waals surface area contributed by atoms with Crippen molar-refractivity contribution in [2.24, 2.45) is 0 Å². The molecule has 1 aliphatic heterocycles. The van der Waals surface area contributed by atoms with E-state index in [1.54, 1.807) is 25.2 Å². The zero-order valence-corrected chi connectivity index (χ0v) is 10.6. The largest absolute Gasteiger partial charge is 0.393 e. The predicted molar refractivity (Wildman–Crippen MR) is 70.0 cm³/mol. The first kappa shape index (κ1) is 13.5. The molecule has 1 aliphatic rings. The van der Waals surface area contributed by atoms with Gasteiger partial charge >= 0.3 is 5.69 Å². The number of nitrogens with zero attached hydrogens (tertiary/aromatic N) is 1. The molecule has 0 bridgehead atoms. The summed E-state index contributed by atoms with van der Waals surface area (Å²) in [5.74, 6) is 0. The third kappa shape index (κ3) is 2.45. The van der Waals surface area contributed by atoms with E-state index in [4.69, 9.17) is 4.74 Å². The molecular weight excluding hydrogens is 248 g/mol. The van der Waals surface area contributed by atoms with Gasteiger partial charge in [0.25, 0.3) is 5.56 Å². The first-order valence-corrected chi connectivity index (χ1v) is 5.92. The molecular formula is C13H16N2O4. The highest BCUT2D eigenvalue weighted by atomic mass is 16.5. The fourth-order valence-electron chi connectivity index (χ4n) is 2.02. The molecule has 6 heteroatoms. The smallest absolute Gasteiger partial charge is 0.330 e. The van der Waals surface area contributed by atoms with Crippen molar-refractivity contribution in [3.63, 3.8) is 0 Å². The molecule has 1 unspecified atom stereocenters. The average molecular weight is 264 g/mol. The summed E-state index contributed by atoms with van der Waals surface area (Å²) < 4.78 is 6.99. The van der Waals surface area contributed by atoms with E-state index in [1.807, 2.05) is 0 Å². The van der Waals surface area contributed by atoms with Crippen LogP contribution in [0.25, 0.3) is 0 Å². The maximum absolute atomic E-state index is 11.7. The molecule has 102 valence electrons. The molecule has 2 N–H and O–H groups in total. The lowest BCUT2D eigenvalue weighted by Gasteiger charge is -2.26. The van der Waals surface area contributed by atoms with Gasteiger partial charge in [-0.3, -0.25) is 14.3 Å². The molecule has 1 aromatic rings. The molecule has 0 radical (unpaired) electrons. The summed E-state index contributed by atoms with van der Waals surface area (Å²) in [6, 6.07) is 0. The second-order valence-electron chi connectivity index (χ2n) is 4.56. The van der Waals surface area contributed by atoms with Crippen molar-refractivity contribution in [3.05, 3.63) is 57.4 Å². The Morgan fingerprint density at radius 2 is 2.37 bits per heavy atom. The fraction of sp³-hybridized carbons (Fsp3) is 0.385. The van der Waals surface area contributed by atoms with Crippen LogP contribution in [0.15, 0.2) is 40.6 Å². The van der Waals surface area contributed by atoms with Crippen LogP contribution < -0.4 is 11.2 Å². The molecule has 0 aromatic carbocycles. The standard InChI is InChI=1S/C13H16N2O4/c1-3-5-13(8-16)6-4-10(19-13)15-7-9(2)11(17)14-12(15)18/h3-4,6-7,10,16H,1,5,8H2,2H3,(H,14,17,18)/t10?,13-/m0/s1. The Labute approximate surface area is 109 Å². The summed E-state index contributed by atoms with van der Waals surface area (Å²) in [7, 11) is 0. The summed E-state index contributed by atoms with van der Waals surface area (Å²) in [6.07, 6.45) is 6.27. The van der Waals surface area contributed by atoms with Gasteiger partial charge in [0.1, 0.15) is 5.60 Å². The SMILES string of the molecule is C=CC[C@@]1(CO)C=CC(n2cc(C)c(=O)[nH]c2=O)O1. The summed E-state index contributed by atoms with van der Waals surface area (Å²) in [4.78, 5) is 25.3. The van der Waals surface area contributed by atoms with Crippen LogP contribution in [0.2, 0.25) is 0 Å². The molecule has 19 heavy (non-hydrogen) atoms. The number of ether oxygens (including phenoxy) is 1. The highest BCUT2D eigenvalue weighted by Crippen LogP contribution is 2.31. The normalized spacial score (nSPS) is 25.7. The Hall–Kier alpha value is -1.92. The van der Waals surface area contributed by atoms with Crippen molar-refractivity contribution in [2.45, 2.75) is 25.2 Å². The van der Waals surface area contributed by atoms with Crippen LogP contribution in [0.5, 0.6) is 0 Å². The zero-order valence-electron chi connectivity index (χ0n) is 10.6.